The van der Waals surface area contributed by atoms with Crippen LogP contribution in [0.5, 0.6) is 0 Å². The molecule has 3 heterocycles. The molecule has 0 saturated carbocycles. The second-order valence-electron chi connectivity index (χ2n) is 6.22. The molecular weight excluding hydrogens is 254 g/mol. The maximum Gasteiger partial charge on any atom is 0.223 e. The predicted molar refractivity (Wildman–Crippen MR) is 75.1 cm³/mol. The first-order valence-electron chi connectivity index (χ1n) is 7.51. The van der Waals surface area contributed by atoms with Crippen LogP contribution in [-0.4, -0.2) is 46.9 Å². The minimum absolute atomic E-state index is 0.239. The molecule has 2 aliphatic rings. The van der Waals surface area contributed by atoms with Crippen LogP contribution in [0.25, 0.3) is 0 Å². The number of carbonyl (C=O) groups excluding carboxylic acids is 1. The van der Waals surface area contributed by atoms with Crippen molar-refractivity contribution in [1.29, 1.82) is 0 Å². The molecule has 2 fully saturated rings. The fourth-order valence-corrected chi connectivity index (χ4v) is 3.50. The van der Waals surface area contributed by atoms with E-state index in [4.69, 9.17) is 4.42 Å². The van der Waals surface area contributed by atoms with Gasteiger partial charge in [0.15, 0.2) is 5.89 Å². The second-order valence-corrected chi connectivity index (χ2v) is 6.22. The molecule has 5 nitrogen and oxygen atoms in total. The normalized spacial score (nSPS) is 22.9. The monoisotopic (exact) mass is 277 g/mol. The molecule has 1 aromatic rings. The number of amides is 1. The van der Waals surface area contributed by atoms with Crippen LogP contribution in [0.3, 0.4) is 0 Å². The van der Waals surface area contributed by atoms with Gasteiger partial charge in [-0.2, -0.15) is 0 Å². The Bertz CT molecular complexity index is 489. The van der Waals surface area contributed by atoms with Gasteiger partial charge in [-0.05, 0) is 38.3 Å². The highest BCUT2D eigenvalue weighted by Crippen LogP contribution is 2.41. The van der Waals surface area contributed by atoms with Gasteiger partial charge in [0, 0.05) is 33.0 Å². The Kier molecular flexibility index (Phi) is 3.54. The Labute approximate surface area is 119 Å². The van der Waals surface area contributed by atoms with E-state index in [1.165, 1.54) is 0 Å². The van der Waals surface area contributed by atoms with Crippen LogP contribution in [0.15, 0.2) is 10.7 Å². The summed E-state index contributed by atoms with van der Waals surface area (Å²) in [7, 11) is 0. The number of piperidine rings is 1. The van der Waals surface area contributed by atoms with Crippen molar-refractivity contribution in [2.24, 2.45) is 5.41 Å². The van der Waals surface area contributed by atoms with Crippen molar-refractivity contribution in [2.45, 2.75) is 39.7 Å². The molecule has 0 bridgehead atoms. The highest BCUT2D eigenvalue weighted by molar-refractivity contribution is 5.79. The van der Waals surface area contributed by atoms with Gasteiger partial charge in [-0.25, -0.2) is 4.98 Å². The fourth-order valence-electron chi connectivity index (χ4n) is 3.50. The largest absolute Gasteiger partial charge is 0.449 e. The Morgan fingerprint density at radius 3 is 2.70 bits per heavy atom. The predicted octanol–water partition coefficient (Wildman–Crippen LogP) is 1.82. The van der Waals surface area contributed by atoms with Gasteiger partial charge < -0.3 is 9.32 Å². The second kappa shape index (κ2) is 5.20. The van der Waals surface area contributed by atoms with Crippen LogP contribution in [0.1, 0.15) is 37.8 Å². The lowest BCUT2D eigenvalue weighted by Gasteiger charge is -2.38. The van der Waals surface area contributed by atoms with Crippen molar-refractivity contribution in [2.75, 3.05) is 26.2 Å². The average molecular weight is 277 g/mol. The van der Waals surface area contributed by atoms with Crippen molar-refractivity contribution >= 4 is 5.91 Å². The molecule has 110 valence electrons. The van der Waals surface area contributed by atoms with E-state index in [1.54, 1.807) is 6.26 Å². The van der Waals surface area contributed by atoms with E-state index < -0.39 is 0 Å². The van der Waals surface area contributed by atoms with E-state index in [-0.39, 0.29) is 5.41 Å². The lowest BCUT2D eigenvalue weighted by molar-refractivity contribution is -0.127. The molecule has 0 N–H and O–H groups in total. The van der Waals surface area contributed by atoms with Gasteiger partial charge in [0.25, 0.3) is 0 Å². The van der Waals surface area contributed by atoms with Gasteiger partial charge in [-0.3, -0.25) is 9.69 Å². The number of likely N-dealkylation sites (tertiary alicyclic amines) is 2. The molecule has 0 radical (unpaired) electrons. The summed E-state index contributed by atoms with van der Waals surface area (Å²) < 4.78 is 5.25. The van der Waals surface area contributed by atoms with Crippen molar-refractivity contribution in [3.8, 4) is 0 Å². The molecule has 1 aromatic heterocycles. The third kappa shape index (κ3) is 2.59. The number of hydrogen-bond donors (Lipinski definition) is 0. The van der Waals surface area contributed by atoms with E-state index in [2.05, 4.69) is 16.8 Å². The minimum atomic E-state index is 0.239. The zero-order valence-corrected chi connectivity index (χ0v) is 12.4. The number of aryl methyl sites for hydroxylation is 1. The van der Waals surface area contributed by atoms with E-state index >= 15 is 0 Å². The standard InChI is InChI=1S/C15H23N3O2/c1-3-18-11-15(8-14(18)19)4-6-17(7-5-15)9-13-10-20-12(2)16-13/h10H,3-9,11H2,1-2H3. The number of oxazole rings is 1. The SMILES string of the molecule is CCN1CC2(CCN(Cc3coc(C)n3)CC2)CC1=O. The Hall–Kier alpha value is -1.36. The van der Waals surface area contributed by atoms with Gasteiger partial charge in [0.05, 0.1) is 5.69 Å². The van der Waals surface area contributed by atoms with E-state index in [1.807, 2.05) is 11.8 Å². The first kappa shape index (κ1) is 13.6. The molecule has 3 rings (SSSR count). The van der Waals surface area contributed by atoms with Crippen LogP contribution < -0.4 is 0 Å². The summed E-state index contributed by atoms with van der Waals surface area (Å²) >= 11 is 0. The molecule has 0 unspecified atom stereocenters. The van der Waals surface area contributed by atoms with Crippen molar-refractivity contribution in [1.82, 2.24) is 14.8 Å². The van der Waals surface area contributed by atoms with Crippen LogP contribution >= 0.6 is 0 Å². The van der Waals surface area contributed by atoms with Gasteiger partial charge in [-0.1, -0.05) is 0 Å². The van der Waals surface area contributed by atoms with Crippen LogP contribution in [0.2, 0.25) is 0 Å². The molecule has 20 heavy (non-hydrogen) atoms. The molecule has 2 saturated heterocycles. The zero-order chi connectivity index (χ0) is 14.2. The molecule has 5 heteroatoms. The average Bonchev–Trinajstić information content (AvgIpc) is 2.97. The number of hydrogen-bond acceptors (Lipinski definition) is 4. The van der Waals surface area contributed by atoms with Crippen molar-refractivity contribution < 1.29 is 9.21 Å². The highest BCUT2D eigenvalue weighted by atomic mass is 16.3. The summed E-state index contributed by atoms with van der Waals surface area (Å²) in [5, 5.41) is 0. The van der Waals surface area contributed by atoms with Gasteiger partial charge in [-0.15, -0.1) is 0 Å². The topological polar surface area (TPSA) is 49.6 Å². The molecule has 1 amide bonds. The lowest BCUT2D eigenvalue weighted by atomic mass is 9.77. The van der Waals surface area contributed by atoms with E-state index in [9.17, 15) is 4.79 Å². The summed E-state index contributed by atoms with van der Waals surface area (Å²) in [6.45, 7) is 8.71. The van der Waals surface area contributed by atoms with Gasteiger partial charge in [0.1, 0.15) is 6.26 Å². The summed E-state index contributed by atoms with van der Waals surface area (Å²) in [5.74, 6) is 1.07. The van der Waals surface area contributed by atoms with Crippen molar-refractivity contribution in [3.05, 3.63) is 17.8 Å². The maximum absolute atomic E-state index is 11.9. The van der Waals surface area contributed by atoms with Gasteiger partial charge in [0.2, 0.25) is 5.91 Å². The van der Waals surface area contributed by atoms with Crippen molar-refractivity contribution in [3.63, 3.8) is 0 Å². The summed E-state index contributed by atoms with van der Waals surface area (Å²) in [6.07, 6.45) is 4.73. The summed E-state index contributed by atoms with van der Waals surface area (Å²) in [6, 6.07) is 0. The van der Waals surface area contributed by atoms with Gasteiger partial charge >= 0.3 is 0 Å². The molecule has 2 aliphatic heterocycles. The highest BCUT2D eigenvalue weighted by Gasteiger charge is 2.44. The smallest absolute Gasteiger partial charge is 0.223 e. The maximum atomic E-state index is 11.9. The first-order chi connectivity index (χ1) is 9.60. The minimum Gasteiger partial charge on any atom is -0.449 e. The van der Waals surface area contributed by atoms with Crippen LogP contribution in [0.4, 0.5) is 0 Å². The van der Waals surface area contributed by atoms with Crippen LogP contribution in [-0.2, 0) is 11.3 Å². The number of nitrogens with zero attached hydrogens (tertiary/aromatic N) is 3. The third-order valence-corrected chi connectivity index (χ3v) is 4.76. The quantitative estimate of drug-likeness (QED) is 0.845. The van der Waals surface area contributed by atoms with E-state index in [0.717, 1.165) is 63.6 Å². The molecule has 1 spiro atoms. The zero-order valence-electron chi connectivity index (χ0n) is 12.4. The molecule has 0 atom stereocenters. The third-order valence-electron chi connectivity index (χ3n) is 4.76. The number of aromatic nitrogens is 1. The number of carbonyl (C=O) groups is 1. The number of rotatable bonds is 3. The molecular formula is C15H23N3O2. The fraction of sp³-hybridized carbons (Fsp3) is 0.733. The molecule has 0 aromatic carbocycles. The summed E-state index contributed by atoms with van der Waals surface area (Å²) in [4.78, 5) is 20.7. The summed E-state index contributed by atoms with van der Waals surface area (Å²) in [5.41, 5.74) is 1.25. The Morgan fingerprint density at radius 2 is 2.15 bits per heavy atom. The first-order valence-corrected chi connectivity index (χ1v) is 7.51. The Morgan fingerprint density at radius 1 is 1.40 bits per heavy atom. The molecule has 0 aliphatic carbocycles. The van der Waals surface area contributed by atoms with Crippen LogP contribution in [0, 0.1) is 12.3 Å². The Balaban J connectivity index is 1.56. The lowest BCUT2D eigenvalue weighted by Crippen LogP contribution is -2.41. The van der Waals surface area contributed by atoms with E-state index in [0.29, 0.717) is 5.91 Å².